The molecule has 2 saturated heterocycles. The molecule has 3 fully saturated rings. The van der Waals surface area contributed by atoms with E-state index >= 15 is 0 Å². The van der Waals surface area contributed by atoms with E-state index in [0.717, 1.165) is 17.6 Å². The lowest BCUT2D eigenvalue weighted by molar-refractivity contribution is -0.738. The van der Waals surface area contributed by atoms with E-state index in [1.807, 2.05) is 0 Å². The molecule has 3 rings (SSSR count). The van der Waals surface area contributed by atoms with Gasteiger partial charge in [0.05, 0.1) is 13.5 Å². The van der Waals surface area contributed by atoms with Crippen molar-refractivity contribution < 1.29 is 4.48 Å². The predicted molar refractivity (Wildman–Crippen MR) is 26.8 cm³/mol. The van der Waals surface area contributed by atoms with Crippen LogP contribution in [-0.2, 0) is 0 Å². The molecule has 38 valence electrons. The van der Waals surface area contributed by atoms with Crippen molar-refractivity contribution in [3.8, 4) is 0 Å². The Balaban J connectivity index is 2.17. The van der Waals surface area contributed by atoms with Crippen molar-refractivity contribution in [3.63, 3.8) is 0 Å². The zero-order chi connectivity index (χ0) is 4.86. The van der Waals surface area contributed by atoms with Crippen LogP contribution in [0.15, 0.2) is 0 Å². The van der Waals surface area contributed by atoms with Gasteiger partial charge in [-0.25, -0.2) is 0 Å². The van der Waals surface area contributed by atoms with Crippen molar-refractivity contribution in [2.75, 3.05) is 7.05 Å². The maximum Gasteiger partial charge on any atom is 0.210 e. The van der Waals surface area contributed by atoms with Crippen molar-refractivity contribution in [2.45, 2.75) is 31.0 Å². The fraction of sp³-hybridized carbons (Fsp3) is 1.00. The number of hydrogen-bond acceptors (Lipinski definition) is 0. The van der Waals surface area contributed by atoms with Gasteiger partial charge in [0.25, 0.3) is 0 Å². The summed E-state index contributed by atoms with van der Waals surface area (Å²) in [6.07, 6.45) is 1.56. The minimum Gasteiger partial charge on any atom is -0.295 e. The molecule has 0 amide bonds. The van der Waals surface area contributed by atoms with Crippen LogP contribution in [0, 0.1) is 0 Å². The molecule has 1 saturated carbocycles. The summed E-state index contributed by atoms with van der Waals surface area (Å²) >= 11 is 0. The Morgan fingerprint density at radius 2 is 2.29 bits per heavy atom. The Morgan fingerprint density at radius 1 is 1.71 bits per heavy atom. The third kappa shape index (κ3) is 0.0915. The lowest BCUT2D eigenvalue weighted by Gasteiger charge is -1.99. The van der Waals surface area contributed by atoms with Crippen LogP contribution in [-0.4, -0.2) is 29.2 Å². The third-order valence-corrected chi connectivity index (χ3v) is 3.87. The Hall–Kier alpha value is -0.0400. The molecular weight excluding hydrogens is 86.1 g/mol. The van der Waals surface area contributed by atoms with Gasteiger partial charge < -0.3 is 0 Å². The number of hydrogen-bond donors (Lipinski definition) is 0. The zero-order valence-corrected chi connectivity index (χ0v) is 4.81. The molecule has 1 nitrogen and oxygen atoms in total. The van der Waals surface area contributed by atoms with Gasteiger partial charge in [-0.1, -0.05) is 0 Å². The second-order valence-corrected chi connectivity index (χ2v) is 3.53. The van der Waals surface area contributed by atoms with Gasteiger partial charge in [-0.3, -0.25) is 4.48 Å². The first-order chi connectivity index (χ1) is 3.24. The first kappa shape index (κ1) is 3.08. The summed E-state index contributed by atoms with van der Waals surface area (Å²) in [7, 11) is 2.39. The molecule has 2 aliphatic heterocycles. The standard InChI is InChI=1S/C6H10N/c1-4-6-3-5(6)7(4,6)2/h4-5H,3H2,1-2H3/q+1. The third-order valence-electron chi connectivity index (χ3n) is 3.87. The first-order valence-electron chi connectivity index (χ1n) is 3.10. The molecule has 0 N–H and O–H groups in total. The molecule has 0 radical (unpaired) electrons. The molecule has 0 aromatic heterocycles. The van der Waals surface area contributed by atoms with E-state index < -0.39 is 0 Å². The van der Waals surface area contributed by atoms with Crippen molar-refractivity contribution in [3.05, 3.63) is 0 Å². The molecule has 4 unspecified atom stereocenters. The Kier molecular flexibility index (Phi) is 0.179. The van der Waals surface area contributed by atoms with E-state index in [1.165, 1.54) is 4.48 Å². The molecule has 1 aliphatic carbocycles. The smallest absolute Gasteiger partial charge is 0.210 e. The lowest BCUT2D eigenvalue weighted by atomic mass is 10.3. The van der Waals surface area contributed by atoms with Crippen molar-refractivity contribution in [1.82, 2.24) is 0 Å². The van der Waals surface area contributed by atoms with Crippen LogP contribution >= 0.6 is 0 Å². The fourth-order valence-corrected chi connectivity index (χ4v) is 2.79. The molecule has 3 aliphatic rings. The SMILES string of the molecule is CC1C23CC2[N+]13C. The summed E-state index contributed by atoms with van der Waals surface area (Å²) in [5.74, 6) is 0. The summed E-state index contributed by atoms with van der Waals surface area (Å²) in [4.78, 5) is 0. The monoisotopic (exact) mass is 96.1 g/mol. The van der Waals surface area contributed by atoms with Gasteiger partial charge in [0.1, 0.15) is 6.04 Å². The first-order valence-corrected chi connectivity index (χ1v) is 3.10. The summed E-state index contributed by atoms with van der Waals surface area (Å²) in [6, 6.07) is 2.21. The van der Waals surface area contributed by atoms with Gasteiger partial charge in [-0.05, 0) is 6.92 Å². The van der Waals surface area contributed by atoms with Gasteiger partial charge in [0, 0.05) is 0 Å². The second kappa shape index (κ2) is 0.408. The minimum absolute atomic E-state index is 0.917. The van der Waals surface area contributed by atoms with E-state index in [9.17, 15) is 0 Å². The molecule has 1 spiro atoms. The number of fused-ring (bicyclic) bond motifs is 1. The van der Waals surface area contributed by atoms with Gasteiger partial charge in [-0.2, -0.15) is 0 Å². The van der Waals surface area contributed by atoms with Crippen LogP contribution in [0.3, 0.4) is 0 Å². The van der Waals surface area contributed by atoms with Crippen molar-refractivity contribution in [1.29, 1.82) is 0 Å². The van der Waals surface area contributed by atoms with Gasteiger partial charge in [0.15, 0.2) is 6.04 Å². The largest absolute Gasteiger partial charge is 0.295 e. The average molecular weight is 96.2 g/mol. The molecular formula is C6H10N+. The second-order valence-electron chi connectivity index (χ2n) is 3.53. The topological polar surface area (TPSA) is 0 Å². The average Bonchev–Trinajstić information content (AvgIpc) is 2.49. The summed E-state index contributed by atoms with van der Waals surface area (Å²) in [5, 5.41) is 0. The number of likely N-dealkylation sites (N-methyl/N-ethyl adjacent to an activating group) is 1. The summed E-state index contributed by atoms with van der Waals surface area (Å²) in [5.41, 5.74) is 0.917. The maximum absolute atomic E-state index is 2.39. The lowest BCUT2D eigenvalue weighted by Crippen LogP contribution is -2.16. The van der Waals surface area contributed by atoms with E-state index in [4.69, 9.17) is 0 Å². The Morgan fingerprint density at radius 3 is 2.29 bits per heavy atom. The van der Waals surface area contributed by atoms with Crippen LogP contribution in [0.4, 0.5) is 0 Å². The maximum atomic E-state index is 2.39. The molecule has 2 heterocycles. The highest BCUT2D eigenvalue weighted by atomic mass is 15.8. The Bertz CT molecular complexity index is 156. The quantitative estimate of drug-likeness (QED) is 0.302. The molecule has 1 heteroatoms. The van der Waals surface area contributed by atoms with Crippen LogP contribution in [0.1, 0.15) is 13.3 Å². The van der Waals surface area contributed by atoms with Gasteiger partial charge in [-0.15, -0.1) is 0 Å². The van der Waals surface area contributed by atoms with Crippen LogP contribution in [0.5, 0.6) is 0 Å². The zero-order valence-electron chi connectivity index (χ0n) is 4.81. The molecule has 0 bridgehead atoms. The van der Waals surface area contributed by atoms with Gasteiger partial charge >= 0.3 is 0 Å². The summed E-state index contributed by atoms with van der Waals surface area (Å²) < 4.78 is 1.47. The van der Waals surface area contributed by atoms with E-state index in [2.05, 4.69) is 14.0 Å². The highest BCUT2D eigenvalue weighted by molar-refractivity contribution is 5.37. The summed E-state index contributed by atoms with van der Waals surface area (Å²) in [6.45, 7) is 2.38. The van der Waals surface area contributed by atoms with Crippen molar-refractivity contribution in [2.24, 2.45) is 0 Å². The number of rotatable bonds is 0. The number of quaternary nitrogens is 1. The number of nitrogens with zero attached hydrogens (tertiary/aromatic N) is 1. The minimum atomic E-state index is 0.917. The normalized spacial score (nSPS) is 90.0. The highest BCUT2D eigenvalue weighted by Crippen LogP contribution is 2.87. The van der Waals surface area contributed by atoms with Crippen LogP contribution in [0.25, 0.3) is 0 Å². The molecule has 0 aromatic carbocycles. The van der Waals surface area contributed by atoms with Crippen LogP contribution in [0.2, 0.25) is 0 Å². The van der Waals surface area contributed by atoms with E-state index in [1.54, 1.807) is 6.42 Å². The fourth-order valence-electron chi connectivity index (χ4n) is 2.79. The van der Waals surface area contributed by atoms with E-state index in [0.29, 0.717) is 0 Å². The predicted octanol–water partition coefficient (Wildman–Crippen LogP) is 0.360. The molecule has 4 atom stereocenters. The van der Waals surface area contributed by atoms with E-state index in [-0.39, 0.29) is 0 Å². The van der Waals surface area contributed by atoms with Crippen LogP contribution < -0.4 is 0 Å². The molecule has 0 aromatic rings. The van der Waals surface area contributed by atoms with Gasteiger partial charge in [0.2, 0.25) is 5.54 Å². The van der Waals surface area contributed by atoms with Crippen molar-refractivity contribution >= 4 is 0 Å². The highest BCUT2D eigenvalue weighted by Gasteiger charge is 3.12. The molecule has 7 heavy (non-hydrogen) atoms. The Labute approximate surface area is 43.5 Å².